The molecule has 0 fully saturated rings. The third-order valence-corrected chi connectivity index (χ3v) is 3.33. The number of aryl methyl sites for hydroxylation is 1. The first-order valence-electron chi connectivity index (χ1n) is 5.79. The van der Waals surface area contributed by atoms with Crippen molar-refractivity contribution in [3.8, 4) is 0 Å². The quantitative estimate of drug-likeness (QED) is 0.887. The smallest absolute Gasteiger partial charge is 0.270 e. The molecule has 0 saturated heterocycles. The summed E-state index contributed by atoms with van der Waals surface area (Å²) in [5.74, 6) is 0.669. The molecule has 0 aliphatic rings. The second-order valence-electron chi connectivity index (χ2n) is 4.22. The van der Waals surface area contributed by atoms with Crippen molar-refractivity contribution in [2.75, 3.05) is 5.32 Å². The summed E-state index contributed by atoms with van der Waals surface area (Å²) in [7, 11) is 0. The second-order valence-corrected chi connectivity index (χ2v) is 4.97. The van der Waals surface area contributed by atoms with Crippen molar-refractivity contribution >= 4 is 23.3 Å². The van der Waals surface area contributed by atoms with Gasteiger partial charge in [0.05, 0.1) is 5.69 Å². The molecule has 1 amide bonds. The molecular formula is C11H15N5OS. The monoisotopic (exact) mass is 265 g/mol. The highest BCUT2D eigenvalue weighted by Crippen LogP contribution is 2.17. The fourth-order valence-electron chi connectivity index (χ4n) is 1.48. The van der Waals surface area contributed by atoms with Crippen molar-refractivity contribution < 1.29 is 4.79 Å². The molecule has 6 nitrogen and oxygen atoms in total. The molecule has 0 aromatic carbocycles. The Bertz CT molecular complexity index is 545. The molecule has 2 rings (SSSR count). The second kappa shape index (κ2) is 5.26. The number of rotatable bonds is 4. The highest BCUT2D eigenvalue weighted by Gasteiger charge is 2.16. The van der Waals surface area contributed by atoms with Crippen molar-refractivity contribution in [1.82, 2.24) is 19.8 Å². The van der Waals surface area contributed by atoms with Crippen LogP contribution >= 0.6 is 11.5 Å². The van der Waals surface area contributed by atoms with Gasteiger partial charge in [0.15, 0.2) is 5.82 Å². The molecule has 2 aromatic rings. The van der Waals surface area contributed by atoms with Crippen molar-refractivity contribution in [1.29, 1.82) is 0 Å². The fraction of sp³-hybridized carbons (Fsp3) is 0.455. The van der Waals surface area contributed by atoms with Gasteiger partial charge in [-0.3, -0.25) is 9.89 Å². The van der Waals surface area contributed by atoms with E-state index in [1.165, 1.54) is 0 Å². The van der Waals surface area contributed by atoms with E-state index >= 15 is 0 Å². The lowest BCUT2D eigenvalue weighted by Gasteiger charge is -1.99. The zero-order valence-electron chi connectivity index (χ0n) is 10.5. The maximum Gasteiger partial charge on any atom is 0.270 e. The number of H-pyrrole nitrogens is 1. The van der Waals surface area contributed by atoms with Gasteiger partial charge in [-0.25, -0.2) is 0 Å². The van der Waals surface area contributed by atoms with Gasteiger partial charge in [-0.15, -0.1) is 5.10 Å². The Morgan fingerprint density at radius 3 is 2.94 bits per heavy atom. The zero-order valence-corrected chi connectivity index (χ0v) is 11.3. The molecule has 0 bridgehead atoms. The first kappa shape index (κ1) is 12.7. The van der Waals surface area contributed by atoms with E-state index in [-0.39, 0.29) is 5.91 Å². The molecule has 0 atom stereocenters. The topological polar surface area (TPSA) is 83.6 Å². The summed E-state index contributed by atoms with van der Waals surface area (Å²) in [4.78, 5) is 12.5. The van der Waals surface area contributed by atoms with Gasteiger partial charge < -0.3 is 5.32 Å². The number of amides is 1. The number of aromatic nitrogens is 4. The minimum atomic E-state index is -0.205. The normalized spacial score (nSPS) is 10.9. The Kier molecular flexibility index (Phi) is 3.71. The summed E-state index contributed by atoms with van der Waals surface area (Å²) in [6, 6.07) is 1.84. The third-order valence-electron chi connectivity index (χ3n) is 2.56. The average molecular weight is 265 g/mol. The standard InChI is InChI=1S/C11H15N5OS/c1-4-7-10(18-16-14-7)11(17)12-9-5-8(6(2)3)13-15-9/h5-6H,4H2,1-3H3,(H2,12,13,15,17). The van der Waals surface area contributed by atoms with Crippen LogP contribution in [0.5, 0.6) is 0 Å². The number of nitrogens with zero attached hydrogens (tertiary/aromatic N) is 3. The predicted molar refractivity (Wildman–Crippen MR) is 69.9 cm³/mol. The molecule has 0 radical (unpaired) electrons. The number of hydrogen-bond acceptors (Lipinski definition) is 5. The van der Waals surface area contributed by atoms with Gasteiger partial charge >= 0.3 is 0 Å². The largest absolute Gasteiger partial charge is 0.304 e. The first-order valence-corrected chi connectivity index (χ1v) is 6.57. The summed E-state index contributed by atoms with van der Waals surface area (Å²) in [5.41, 5.74) is 1.71. The van der Waals surface area contributed by atoms with Gasteiger partial charge in [0.25, 0.3) is 5.91 Å². The van der Waals surface area contributed by atoms with Gasteiger partial charge in [0.2, 0.25) is 0 Å². The van der Waals surface area contributed by atoms with Gasteiger partial charge in [0, 0.05) is 11.8 Å². The molecule has 0 aliphatic carbocycles. The van der Waals surface area contributed by atoms with E-state index in [0.717, 1.165) is 22.9 Å². The van der Waals surface area contributed by atoms with Crippen LogP contribution in [0.3, 0.4) is 0 Å². The Hall–Kier alpha value is -1.76. The van der Waals surface area contributed by atoms with Crippen LogP contribution in [0, 0.1) is 0 Å². The SMILES string of the molecule is CCc1nnsc1C(=O)Nc1cc(C(C)C)[nH]n1. The van der Waals surface area contributed by atoms with Crippen LogP contribution in [0.2, 0.25) is 0 Å². The number of carbonyl (C=O) groups excluding carboxylic acids is 1. The Labute approximate surface area is 109 Å². The molecule has 2 aromatic heterocycles. The summed E-state index contributed by atoms with van der Waals surface area (Å²) in [6.07, 6.45) is 0.692. The summed E-state index contributed by atoms with van der Waals surface area (Å²) < 4.78 is 3.79. The van der Waals surface area contributed by atoms with Crippen molar-refractivity contribution in [2.45, 2.75) is 33.1 Å². The van der Waals surface area contributed by atoms with E-state index < -0.39 is 0 Å². The van der Waals surface area contributed by atoms with E-state index in [2.05, 4.69) is 38.9 Å². The maximum absolute atomic E-state index is 12.0. The lowest BCUT2D eigenvalue weighted by atomic mass is 10.1. The maximum atomic E-state index is 12.0. The first-order chi connectivity index (χ1) is 8.61. The molecule has 2 N–H and O–H groups in total. The van der Waals surface area contributed by atoms with Crippen LogP contribution in [-0.2, 0) is 6.42 Å². The lowest BCUT2D eigenvalue weighted by Crippen LogP contribution is -2.12. The highest BCUT2D eigenvalue weighted by molar-refractivity contribution is 7.08. The summed E-state index contributed by atoms with van der Waals surface area (Å²) >= 11 is 1.10. The van der Waals surface area contributed by atoms with Crippen LogP contribution < -0.4 is 5.32 Å². The summed E-state index contributed by atoms with van der Waals surface area (Å²) in [5, 5.41) is 13.6. The van der Waals surface area contributed by atoms with Gasteiger partial charge in [-0.1, -0.05) is 25.3 Å². The third kappa shape index (κ3) is 2.56. The van der Waals surface area contributed by atoms with Gasteiger partial charge in [-0.05, 0) is 23.9 Å². The Balaban J connectivity index is 2.11. The number of anilines is 1. The molecule has 0 saturated carbocycles. The van der Waals surface area contributed by atoms with Crippen molar-refractivity contribution in [3.63, 3.8) is 0 Å². The molecule has 2 heterocycles. The van der Waals surface area contributed by atoms with Crippen molar-refractivity contribution in [3.05, 3.63) is 22.3 Å². The molecule has 0 spiro atoms. The highest BCUT2D eigenvalue weighted by atomic mass is 32.1. The van der Waals surface area contributed by atoms with Crippen molar-refractivity contribution in [2.24, 2.45) is 0 Å². The molecule has 0 aliphatic heterocycles. The van der Waals surface area contributed by atoms with E-state index in [1.54, 1.807) is 0 Å². The zero-order chi connectivity index (χ0) is 13.1. The Morgan fingerprint density at radius 1 is 1.56 bits per heavy atom. The Morgan fingerprint density at radius 2 is 2.33 bits per heavy atom. The molecular weight excluding hydrogens is 250 g/mol. The van der Waals surface area contributed by atoms with Crippen LogP contribution in [-0.4, -0.2) is 25.7 Å². The van der Waals surface area contributed by atoms with Gasteiger partial charge in [0.1, 0.15) is 4.88 Å². The molecule has 96 valence electrons. The number of hydrogen-bond donors (Lipinski definition) is 2. The van der Waals surface area contributed by atoms with E-state index in [0.29, 0.717) is 23.0 Å². The number of nitrogens with one attached hydrogen (secondary N) is 2. The minimum absolute atomic E-state index is 0.205. The molecule has 18 heavy (non-hydrogen) atoms. The summed E-state index contributed by atoms with van der Waals surface area (Å²) in [6.45, 7) is 6.06. The lowest BCUT2D eigenvalue weighted by molar-refractivity contribution is 0.102. The average Bonchev–Trinajstić information content (AvgIpc) is 2.96. The van der Waals surface area contributed by atoms with E-state index in [9.17, 15) is 4.79 Å². The molecule has 7 heteroatoms. The number of aromatic amines is 1. The van der Waals surface area contributed by atoms with Gasteiger partial charge in [-0.2, -0.15) is 5.10 Å². The fourth-order valence-corrected chi connectivity index (χ4v) is 2.13. The minimum Gasteiger partial charge on any atom is -0.304 e. The van der Waals surface area contributed by atoms with Crippen LogP contribution in [0.25, 0.3) is 0 Å². The molecule has 0 unspecified atom stereocenters. The van der Waals surface area contributed by atoms with E-state index in [1.807, 2.05) is 13.0 Å². The van der Waals surface area contributed by atoms with Crippen LogP contribution in [0.4, 0.5) is 5.82 Å². The number of carbonyl (C=O) groups is 1. The van der Waals surface area contributed by atoms with E-state index in [4.69, 9.17) is 0 Å². The van der Waals surface area contributed by atoms with Crippen LogP contribution in [0.1, 0.15) is 47.7 Å². The predicted octanol–water partition coefficient (Wildman–Crippen LogP) is 2.20. The van der Waals surface area contributed by atoms with Crippen LogP contribution in [0.15, 0.2) is 6.07 Å².